The van der Waals surface area contributed by atoms with Gasteiger partial charge in [0, 0.05) is 36.3 Å². The molecule has 0 saturated carbocycles. The van der Waals surface area contributed by atoms with Gasteiger partial charge in [-0.1, -0.05) is 38.8 Å². The molecule has 1 amide bonds. The molecule has 28 heavy (non-hydrogen) atoms. The lowest BCUT2D eigenvalue weighted by molar-refractivity contribution is 0.0740. The van der Waals surface area contributed by atoms with Gasteiger partial charge in [0.15, 0.2) is 5.69 Å². The first kappa shape index (κ1) is 18.7. The van der Waals surface area contributed by atoms with Gasteiger partial charge in [0.1, 0.15) is 0 Å². The van der Waals surface area contributed by atoms with E-state index in [0.29, 0.717) is 18.8 Å². The van der Waals surface area contributed by atoms with E-state index >= 15 is 0 Å². The lowest BCUT2D eigenvalue weighted by atomic mass is 10.2. The molecule has 0 spiro atoms. The van der Waals surface area contributed by atoms with Crippen LogP contribution in [0.2, 0.25) is 0 Å². The SMILES string of the molecule is Cc1ccc(N2CCN(C(=O)c3nnn(-c4ccc(Br)cc4)c3C)CC2)cc1. The first-order chi connectivity index (χ1) is 13.5. The molecule has 1 saturated heterocycles. The molecule has 2 aromatic carbocycles. The van der Waals surface area contributed by atoms with Gasteiger partial charge in [-0.05, 0) is 50.2 Å². The minimum Gasteiger partial charge on any atom is -0.368 e. The Morgan fingerprint density at radius 1 is 0.893 bits per heavy atom. The number of carbonyl (C=O) groups excluding carboxylic acids is 1. The molecule has 0 bridgehead atoms. The highest BCUT2D eigenvalue weighted by molar-refractivity contribution is 9.10. The first-order valence-corrected chi connectivity index (χ1v) is 10.1. The molecular weight excluding hydrogens is 418 g/mol. The van der Waals surface area contributed by atoms with E-state index < -0.39 is 0 Å². The Labute approximate surface area is 172 Å². The summed E-state index contributed by atoms with van der Waals surface area (Å²) in [6.45, 7) is 6.96. The van der Waals surface area contributed by atoms with E-state index in [1.54, 1.807) is 4.68 Å². The van der Waals surface area contributed by atoms with Crippen LogP contribution in [-0.2, 0) is 0 Å². The summed E-state index contributed by atoms with van der Waals surface area (Å²) in [5.74, 6) is -0.0515. The Bertz CT molecular complexity index is 973. The van der Waals surface area contributed by atoms with E-state index in [-0.39, 0.29) is 5.91 Å². The molecule has 3 aromatic rings. The number of nitrogens with zero attached hydrogens (tertiary/aromatic N) is 5. The summed E-state index contributed by atoms with van der Waals surface area (Å²) in [4.78, 5) is 17.2. The molecule has 0 N–H and O–H groups in total. The van der Waals surface area contributed by atoms with Crippen molar-refractivity contribution >= 4 is 27.5 Å². The van der Waals surface area contributed by atoms with Crippen LogP contribution in [-0.4, -0.2) is 52.0 Å². The Morgan fingerprint density at radius 3 is 2.14 bits per heavy atom. The second-order valence-electron chi connectivity index (χ2n) is 7.03. The first-order valence-electron chi connectivity index (χ1n) is 9.32. The molecule has 1 aromatic heterocycles. The quantitative estimate of drug-likeness (QED) is 0.625. The molecule has 7 heteroatoms. The van der Waals surface area contributed by atoms with E-state index in [2.05, 4.69) is 62.3 Å². The van der Waals surface area contributed by atoms with Crippen LogP contribution in [0.25, 0.3) is 5.69 Å². The third kappa shape index (κ3) is 3.67. The highest BCUT2D eigenvalue weighted by Crippen LogP contribution is 2.20. The van der Waals surface area contributed by atoms with Gasteiger partial charge in [0.05, 0.1) is 11.4 Å². The second-order valence-corrected chi connectivity index (χ2v) is 7.94. The molecule has 144 valence electrons. The highest BCUT2D eigenvalue weighted by Gasteiger charge is 2.26. The van der Waals surface area contributed by atoms with Crippen LogP contribution < -0.4 is 4.90 Å². The van der Waals surface area contributed by atoms with Crippen molar-refractivity contribution in [2.45, 2.75) is 13.8 Å². The molecule has 4 rings (SSSR count). The van der Waals surface area contributed by atoms with Gasteiger partial charge in [0.25, 0.3) is 5.91 Å². The molecule has 0 atom stereocenters. The number of rotatable bonds is 3. The number of anilines is 1. The van der Waals surface area contributed by atoms with Crippen molar-refractivity contribution in [3.63, 3.8) is 0 Å². The Kier molecular flexibility index (Phi) is 5.17. The van der Waals surface area contributed by atoms with Gasteiger partial charge in [-0.25, -0.2) is 4.68 Å². The third-order valence-corrected chi connectivity index (χ3v) is 5.66. The molecule has 2 heterocycles. The lowest BCUT2D eigenvalue weighted by Gasteiger charge is -2.35. The topological polar surface area (TPSA) is 54.3 Å². The molecular formula is C21H22BrN5O. The van der Waals surface area contributed by atoms with Crippen LogP contribution >= 0.6 is 15.9 Å². The summed E-state index contributed by atoms with van der Waals surface area (Å²) in [5.41, 5.74) is 4.52. The van der Waals surface area contributed by atoms with Gasteiger partial charge >= 0.3 is 0 Å². The standard InChI is InChI=1S/C21H22BrN5O/c1-15-3-7-18(8-4-15)25-11-13-26(14-12-25)21(28)20-16(2)27(24-23-20)19-9-5-17(22)6-10-19/h3-10H,11-14H2,1-2H3. The zero-order valence-electron chi connectivity index (χ0n) is 16.0. The fourth-order valence-corrected chi connectivity index (χ4v) is 3.69. The maximum Gasteiger partial charge on any atom is 0.276 e. The third-order valence-electron chi connectivity index (χ3n) is 5.13. The minimum atomic E-state index is -0.0515. The largest absolute Gasteiger partial charge is 0.368 e. The number of aryl methyl sites for hydroxylation is 1. The average molecular weight is 440 g/mol. The fraction of sp³-hybridized carbons (Fsp3) is 0.286. The summed E-state index contributed by atoms with van der Waals surface area (Å²) in [6, 6.07) is 16.3. The molecule has 1 aliphatic rings. The smallest absolute Gasteiger partial charge is 0.276 e. The van der Waals surface area contributed by atoms with Gasteiger partial charge in [-0.15, -0.1) is 5.10 Å². The van der Waals surface area contributed by atoms with Gasteiger partial charge in [0.2, 0.25) is 0 Å². The van der Waals surface area contributed by atoms with Crippen molar-refractivity contribution in [1.29, 1.82) is 0 Å². The lowest BCUT2D eigenvalue weighted by Crippen LogP contribution is -2.49. The van der Waals surface area contributed by atoms with Crippen LogP contribution in [0.15, 0.2) is 53.0 Å². The number of aromatic nitrogens is 3. The Morgan fingerprint density at radius 2 is 1.50 bits per heavy atom. The number of amides is 1. The van der Waals surface area contributed by atoms with E-state index in [0.717, 1.165) is 28.9 Å². The molecule has 1 aliphatic heterocycles. The summed E-state index contributed by atoms with van der Waals surface area (Å²) in [7, 11) is 0. The molecule has 0 unspecified atom stereocenters. The van der Waals surface area contributed by atoms with Crippen molar-refractivity contribution < 1.29 is 4.79 Å². The van der Waals surface area contributed by atoms with E-state index in [1.165, 1.54) is 11.3 Å². The predicted molar refractivity (Wildman–Crippen MR) is 113 cm³/mol. The Balaban J connectivity index is 1.46. The number of benzene rings is 2. The highest BCUT2D eigenvalue weighted by atomic mass is 79.9. The van der Waals surface area contributed by atoms with Crippen LogP contribution in [0.3, 0.4) is 0 Å². The number of hydrogen-bond acceptors (Lipinski definition) is 4. The van der Waals surface area contributed by atoms with Crippen molar-refractivity contribution in [1.82, 2.24) is 19.9 Å². The zero-order valence-corrected chi connectivity index (χ0v) is 17.6. The van der Waals surface area contributed by atoms with Crippen LogP contribution in [0.4, 0.5) is 5.69 Å². The number of halogens is 1. The Hall–Kier alpha value is -2.67. The summed E-state index contributed by atoms with van der Waals surface area (Å²) < 4.78 is 2.71. The summed E-state index contributed by atoms with van der Waals surface area (Å²) in [5, 5.41) is 8.37. The van der Waals surface area contributed by atoms with E-state index in [1.807, 2.05) is 36.1 Å². The van der Waals surface area contributed by atoms with Gasteiger partial charge < -0.3 is 9.80 Å². The van der Waals surface area contributed by atoms with Crippen LogP contribution in [0.5, 0.6) is 0 Å². The number of piperazine rings is 1. The monoisotopic (exact) mass is 439 g/mol. The normalized spacial score (nSPS) is 14.4. The zero-order chi connectivity index (χ0) is 19.7. The second kappa shape index (κ2) is 7.75. The molecule has 0 aliphatic carbocycles. The maximum atomic E-state index is 13.0. The fourth-order valence-electron chi connectivity index (χ4n) is 3.43. The molecule has 6 nitrogen and oxygen atoms in total. The minimum absolute atomic E-state index is 0.0515. The molecule has 1 fully saturated rings. The van der Waals surface area contributed by atoms with E-state index in [9.17, 15) is 4.79 Å². The van der Waals surface area contributed by atoms with Crippen molar-refractivity contribution in [3.8, 4) is 5.69 Å². The van der Waals surface area contributed by atoms with Crippen molar-refractivity contribution in [2.24, 2.45) is 0 Å². The summed E-state index contributed by atoms with van der Waals surface area (Å²) >= 11 is 3.43. The number of carbonyl (C=O) groups is 1. The van der Waals surface area contributed by atoms with Gasteiger partial charge in [-0.2, -0.15) is 0 Å². The number of hydrogen-bond donors (Lipinski definition) is 0. The average Bonchev–Trinajstić information content (AvgIpc) is 3.10. The van der Waals surface area contributed by atoms with Crippen LogP contribution in [0.1, 0.15) is 21.7 Å². The van der Waals surface area contributed by atoms with Crippen molar-refractivity contribution in [2.75, 3.05) is 31.1 Å². The summed E-state index contributed by atoms with van der Waals surface area (Å²) in [6.07, 6.45) is 0. The molecule has 0 radical (unpaired) electrons. The van der Waals surface area contributed by atoms with Crippen molar-refractivity contribution in [3.05, 3.63) is 70.0 Å². The van der Waals surface area contributed by atoms with E-state index in [4.69, 9.17) is 0 Å². The van der Waals surface area contributed by atoms with Gasteiger partial charge in [-0.3, -0.25) is 4.79 Å². The predicted octanol–water partition coefficient (Wildman–Crippen LogP) is 3.61. The maximum absolute atomic E-state index is 13.0. The van der Waals surface area contributed by atoms with Crippen LogP contribution in [0, 0.1) is 13.8 Å².